The van der Waals surface area contributed by atoms with Gasteiger partial charge in [0.15, 0.2) is 5.58 Å². The van der Waals surface area contributed by atoms with E-state index < -0.39 is 5.91 Å². The number of likely N-dealkylation sites (tertiary alicyclic amines) is 1. The minimum absolute atomic E-state index is 0.0738. The molecule has 4 heterocycles. The molecule has 2 aromatic carbocycles. The van der Waals surface area contributed by atoms with Gasteiger partial charge in [-0.2, -0.15) is 4.98 Å². The first-order chi connectivity index (χ1) is 18.4. The first kappa shape index (κ1) is 24.1. The van der Waals surface area contributed by atoms with Crippen LogP contribution in [0.5, 0.6) is 0 Å². The maximum Gasteiger partial charge on any atom is 0.302 e. The zero-order valence-electron chi connectivity index (χ0n) is 20.1. The number of nitrogen functional groups attached to an aromatic ring is 1. The fourth-order valence-electron chi connectivity index (χ4n) is 4.84. The number of nitrogens with one attached hydrogen (secondary N) is 1. The highest BCUT2D eigenvalue weighted by atomic mass is 127. The predicted octanol–water partition coefficient (Wildman–Crippen LogP) is 4.80. The molecule has 1 unspecified atom stereocenters. The van der Waals surface area contributed by atoms with Crippen LogP contribution in [-0.2, 0) is 4.79 Å². The molecule has 1 atom stereocenters. The van der Waals surface area contributed by atoms with Gasteiger partial charge in [-0.3, -0.25) is 14.9 Å². The number of oxazole rings is 1. The molecular formula is C27H22IN7O3. The number of nitrogens with two attached hydrogens (primary N) is 1. The Morgan fingerprint density at radius 1 is 1.13 bits per heavy atom. The molecule has 190 valence electrons. The molecule has 1 fully saturated rings. The van der Waals surface area contributed by atoms with Gasteiger partial charge < -0.3 is 19.6 Å². The summed E-state index contributed by atoms with van der Waals surface area (Å²) in [5.41, 5.74) is 10.2. The molecule has 0 aliphatic carbocycles. The van der Waals surface area contributed by atoms with Gasteiger partial charge in [-0.25, -0.2) is 9.97 Å². The number of benzene rings is 2. The minimum Gasteiger partial charge on any atom is -0.423 e. The van der Waals surface area contributed by atoms with Gasteiger partial charge in [-0.05, 0) is 52.3 Å². The van der Waals surface area contributed by atoms with Gasteiger partial charge in [0.1, 0.15) is 23.3 Å². The zero-order valence-corrected chi connectivity index (χ0v) is 22.3. The minimum atomic E-state index is -0.448. The van der Waals surface area contributed by atoms with Crippen LogP contribution >= 0.6 is 22.6 Å². The van der Waals surface area contributed by atoms with Crippen LogP contribution in [0.1, 0.15) is 22.8 Å². The number of nitrogens with zero attached hydrogens (tertiary/aromatic N) is 5. The van der Waals surface area contributed by atoms with Crippen molar-refractivity contribution >= 4 is 68.4 Å². The van der Waals surface area contributed by atoms with E-state index in [1.807, 2.05) is 75.7 Å². The van der Waals surface area contributed by atoms with E-state index in [1.54, 1.807) is 11.1 Å². The molecule has 38 heavy (non-hydrogen) atoms. The van der Waals surface area contributed by atoms with Crippen molar-refractivity contribution in [3.05, 3.63) is 76.8 Å². The lowest BCUT2D eigenvalue weighted by Gasteiger charge is -2.17. The van der Waals surface area contributed by atoms with Crippen LogP contribution in [-0.4, -0.2) is 49.3 Å². The van der Waals surface area contributed by atoms with Crippen LogP contribution in [0.15, 0.2) is 75.6 Å². The van der Waals surface area contributed by atoms with Crippen molar-refractivity contribution in [2.24, 2.45) is 0 Å². The van der Waals surface area contributed by atoms with Gasteiger partial charge in [0.05, 0.1) is 20.6 Å². The average molecular weight is 619 g/mol. The smallest absolute Gasteiger partial charge is 0.302 e. The van der Waals surface area contributed by atoms with Crippen molar-refractivity contribution in [3.8, 4) is 11.1 Å². The Labute approximate surface area is 230 Å². The van der Waals surface area contributed by atoms with Crippen molar-refractivity contribution in [3.63, 3.8) is 0 Å². The third kappa shape index (κ3) is 4.28. The van der Waals surface area contributed by atoms with Gasteiger partial charge >= 0.3 is 6.01 Å². The van der Waals surface area contributed by atoms with Crippen molar-refractivity contribution < 1.29 is 14.0 Å². The molecule has 0 bridgehead atoms. The van der Waals surface area contributed by atoms with Gasteiger partial charge in [-0.1, -0.05) is 43.0 Å². The number of hydrogen-bond acceptors (Lipinski definition) is 7. The molecule has 1 aliphatic rings. The van der Waals surface area contributed by atoms with Crippen LogP contribution in [0, 0.1) is 0 Å². The predicted molar refractivity (Wildman–Crippen MR) is 153 cm³/mol. The van der Waals surface area contributed by atoms with Crippen molar-refractivity contribution in [2.45, 2.75) is 12.5 Å². The van der Waals surface area contributed by atoms with E-state index in [9.17, 15) is 9.59 Å². The van der Waals surface area contributed by atoms with Crippen LogP contribution in [0.4, 0.5) is 11.8 Å². The van der Waals surface area contributed by atoms with Crippen LogP contribution in [0.3, 0.4) is 0 Å². The normalized spacial score (nSPS) is 15.3. The number of carbonyl (C=O) groups excluding carboxylic acids is 2. The van der Waals surface area contributed by atoms with E-state index in [4.69, 9.17) is 10.2 Å². The zero-order chi connectivity index (χ0) is 26.4. The molecule has 10 nitrogen and oxygen atoms in total. The number of amides is 2. The summed E-state index contributed by atoms with van der Waals surface area (Å²) in [6.07, 6.45) is 3.78. The van der Waals surface area contributed by atoms with Gasteiger partial charge in [0.25, 0.3) is 11.8 Å². The molecule has 0 spiro atoms. The highest BCUT2D eigenvalue weighted by Crippen LogP contribution is 2.32. The van der Waals surface area contributed by atoms with Crippen LogP contribution in [0.2, 0.25) is 0 Å². The highest BCUT2D eigenvalue weighted by molar-refractivity contribution is 14.1. The maximum atomic E-state index is 13.4. The van der Waals surface area contributed by atoms with Crippen molar-refractivity contribution in [2.75, 3.05) is 24.1 Å². The first-order valence-electron chi connectivity index (χ1n) is 11.9. The van der Waals surface area contributed by atoms with Crippen molar-refractivity contribution in [1.29, 1.82) is 0 Å². The summed E-state index contributed by atoms with van der Waals surface area (Å²) in [5, 5.41) is 3.19. The molecule has 11 heteroatoms. The topological polar surface area (TPSA) is 132 Å². The Morgan fingerprint density at radius 3 is 2.74 bits per heavy atom. The molecule has 2 amide bonds. The molecule has 3 aromatic heterocycles. The molecule has 1 saturated heterocycles. The van der Waals surface area contributed by atoms with E-state index in [2.05, 4.69) is 26.8 Å². The number of carbonyl (C=O) groups is 2. The quantitative estimate of drug-likeness (QED) is 0.214. The van der Waals surface area contributed by atoms with Crippen LogP contribution in [0.25, 0.3) is 33.3 Å². The van der Waals surface area contributed by atoms with Crippen molar-refractivity contribution in [1.82, 2.24) is 24.4 Å². The Bertz CT molecular complexity index is 1730. The first-order valence-corrected chi connectivity index (χ1v) is 13.0. The standard InChI is InChI=1S/C27H22IN7O3/c1-15(28)26(37)34-10-9-18(12-34)35-13-19(22-23(29)30-14-31-24(22)35)25(36)33-27-32-20-11-17(7-8-21(20)38-27)16-5-3-2-4-6-16/h2-8,11,13-14,18H,1,9-10,12H2,(H2,29,30,31)(H,32,33,36). The lowest BCUT2D eigenvalue weighted by Crippen LogP contribution is -2.28. The molecule has 0 radical (unpaired) electrons. The Morgan fingerprint density at radius 2 is 1.95 bits per heavy atom. The van der Waals surface area contributed by atoms with E-state index >= 15 is 0 Å². The van der Waals surface area contributed by atoms with Gasteiger partial charge in [0.2, 0.25) is 0 Å². The fraction of sp³-hybridized carbons (Fsp3) is 0.148. The average Bonchev–Trinajstić information content (AvgIpc) is 3.65. The SMILES string of the molecule is C=C(I)C(=O)N1CCC(n2cc(C(=O)Nc3nc4cc(-c5ccccc5)ccc4o3)c3c(N)ncnc32)C1. The maximum absolute atomic E-state index is 13.4. The third-order valence-electron chi connectivity index (χ3n) is 6.67. The lowest BCUT2D eigenvalue weighted by molar-refractivity contribution is -0.125. The Balaban J connectivity index is 1.30. The summed E-state index contributed by atoms with van der Waals surface area (Å²) in [6.45, 7) is 4.81. The largest absolute Gasteiger partial charge is 0.423 e. The number of hydrogen-bond donors (Lipinski definition) is 2. The number of anilines is 2. The van der Waals surface area contributed by atoms with E-state index in [0.717, 1.165) is 11.1 Å². The summed E-state index contributed by atoms with van der Waals surface area (Å²) in [7, 11) is 0. The second kappa shape index (κ2) is 9.56. The lowest BCUT2D eigenvalue weighted by atomic mass is 10.1. The van der Waals surface area contributed by atoms with Gasteiger partial charge in [-0.15, -0.1) is 0 Å². The van der Waals surface area contributed by atoms with Crippen LogP contribution < -0.4 is 11.1 Å². The molecule has 5 aromatic rings. The monoisotopic (exact) mass is 619 g/mol. The Kier molecular flexibility index (Phi) is 6.06. The Hall–Kier alpha value is -4.26. The number of halogens is 1. The van der Waals surface area contributed by atoms with E-state index in [0.29, 0.717) is 50.8 Å². The molecular weight excluding hydrogens is 597 g/mol. The number of aromatic nitrogens is 4. The third-order valence-corrected chi connectivity index (χ3v) is 7.14. The fourth-order valence-corrected chi connectivity index (χ4v) is 5.18. The molecule has 6 rings (SSSR count). The number of fused-ring (bicyclic) bond motifs is 2. The molecule has 3 N–H and O–H groups in total. The van der Waals surface area contributed by atoms with E-state index in [-0.39, 0.29) is 23.8 Å². The second-order valence-electron chi connectivity index (χ2n) is 9.03. The highest BCUT2D eigenvalue weighted by Gasteiger charge is 2.31. The molecule has 1 aliphatic heterocycles. The summed E-state index contributed by atoms with van der Waals surface area (Å²) < 4.78 is 8.15. The number of rotatable bonds is 5. The summed E-state index contributed by atoms with van der Waals surface area (Å²) in [5.74, 6) is -0.352. The van der Waals surface area contributed by atoms with Gasteiger partial charge in [0, 0.05) is 19.3 Å². The summed E-state index contributed by atoms with van der Waals surface area (Å²) in [6, 6.07) is 15.6. The second-order valence-corrected chi connectivity index (χ2v) is 10.3. The summed E-state index contributed by atoms with van der Waals surface area (Å²) >= 11 is 1.93. The van der Waals surface area contributed by atoms with E-state index in [1.165, 1.54) is 6.33 Å². The summed E-state index contributed by atoms with van der Waals surface area (Å²) in [4.78, 5) is 40.6. The molecule has 0 saturated carbocycles.